The quantitative estimate of drug-likeness (QED) is 0.674. The molecule has 3 aromatic rings. The molecule has 6 heteroatoms. The Morgan fingerprint density at radius 3 is 3.00 bits per heavy atom. The normalized spacial score (nSPS) is 11.2. The number of carboxylic acids is 1. The number of carbonyl (C=O) groups is 1. The van der Waals surface area contributed by atoms with Crippen LogP contribution in [0.5, 0.6) is 5.75 Å². The van der Waals surface area contributed by atoms with Crippen molar-refractivity contribution in [1.82, 2.24) is 9.38 Å². The fraction of sp³-hybridized carbons (Fsp3) is 0. The third-order valence-corrected chi connectivity index (χ3v) is 3.31. The molecule has 2 N–H and O–H groups in total. The number of imidazole rings is 1. The molecular weight excluding hydrogens is 228 g/mol. The Labute approximate surface area is 93.2 Å². The number of aromatic carboxylic acids is 1. The number of nitrogens with zero attached hydrogens (tertiary/aromatic N) is 2. The number of rotatable bonds is 1. The average Bonchev–Trinajstić information content (AvgIpc) is 2.73. The second-order valence-electron chi connectivity index (χ2n) is 3.34. The van der Waals surface area contributed by atoms with Crippen LogP contribution in [0.3, 0.4) is 0 Å². The predicted octanol–water partition coefficient (Wildman–Crippen LogP) is 1.95. The molecule has 0 saturated heterocycles. The van der Waals surface area contributed by atoms with Crippen LogP contribution in [-0.2, 0) is 0 Å². The maximum absolute atomic E-state index is 10.7. The highest BCUT2D eigenvalue weighted by Gasteiger charge is 2.12. The van der Waals surface area contributed by atoms with E-state index >= 15 is 0 Å². The third kappa shape index (κ3) is 1.17. The molecule has 0 bridgehead atoms. The number of fused-ring (bicyclic) bond motifs is 3. The Balaban J connectivity index is 2.38. The minimum atomic E-state index is -1.04. The molecule has 0 fully saturated rings. The van der Waals surface area contributed by atoms with Gasteiger partial charge >= 0.3 is 5.97 Å². The van der Waals surface area contributed by atoms with E-state index in [0.717, 1.165) is 10.2 Å². The van der Waals surface area contributed by atoms with Gasteiger partial charge in [0.05, 0.1) is 10.2 Å². The van der Waals surface area contributed by atoms with Gasteiger partial charge < -0.3 is 10.2 Å². The van der Waals surface area contributed by atoms with Crippen molar-refractivity contribution in [1.29, 1.82) is 0 Å². The van der Waals surface area contributed by atoms with Gasteiger partial charge in [-0.25, -0.2) is 9.78 Å². The minimum absolute atomic E-state index is 0.0289. The van der Waals surface area contributed by atoms with Gasteiger partial charge in [-0.1, -0.05) is 11.3 Å². The van der Waals surface area contributed by atoms with Crippen LogP contribution in [0.25, 0.3) is 15.2 Å². The molecule has 5 nitrogen and oxygen atoms in total. The van der Waals surface area contributed by atoms with Crippen molar-refractivity contribution in [2.24, 2.45) is 0 Å². The SMILES string of the molecule is O=C(O)c1cn2c(n1)sc1cc(O)ccc12. The van der Waals surface area contributed by atoms with Gasteiger partial charge in [-0.05, 0) is 18.2 Å². The summed E-state index contributed by atoms with van der Waals surface area (Å²) in [6.07, 6.45) is 1.48. The molecule has 0 saturated carbocycles. The zero-order valence-electron chi connectivity index (χ0n) is 7.91. The number of carboxylic acid groups (broad SMARTS) is 1. The molecular formula is C10H6N2O3S. The predicted molar refractivity (Wildman–Crippen MR) is 59.2 cm³/mol. The van der Waals surface area contributed by atoms with Crippen LogP contribution in [0.2, 0.25) is 0 Å². The number of aromatic hydroxyl groups is 1. The van der Waals surface area contributed by atoms with Crippen molar-refractivity contribution in [2.75, 3.05) is 0 Å². The molecule has 3 rings (SSSR count). The first-order valence-electron chi connectivity index (χ1n) is 4.49. The molecule has 2 aromatic heterocycles. The first kappa shape index (κ1) is 9.17. The molecule has 1 aromatic carbocycles. The number of hydrogen-bond donors (Lipinski definition) is 2. The molecule has 0 spiro atoms. The summed E-state index contributed by atoms with van der Waals surface area (Å²) in [7, 11) is 0. The van der Waals surface area contributed by atoms with E-state index in [1.165, 1.54) is 17.5 Å². The molecule has 0 aliphatic rings. The van der Waals surface area contributed by atoms with Crippen molar-refractivity contribution < 1.29 is 15.0 Å². The monoisotopic (exact) mass is 234 g/mol. The van der Waals surface area contributed by atoms with Gasteiger partial charge in [-0.3, -0.25) is 4.40 Å². The molecule has 0 atom stereocenters. The van der Waals surface area contributed by atoms with E-state index in [0.29, 0.717) is 4.96 Å². The lowest BCUT2D eigenvalue weighted by Gasteiger charge is -1.91. The summed E-state index contributed by atoms with van der Waals surface area (Å²) in [6.45, 7) is 0. The zero-order chi connectivity index (χ0) is 11.3. The van der Waals surface area contributed by atoms with Crippen LogP contribution in [0.4, 0.5) is 0 Å². The molecule has 0 aliphatic carbocycles. The second kappa shape index (κ2) is 2.96. The Hall–Kier alpha value is -2.08. The number of phenols is 1. The summed E-state index contributed by atoms with van der Waals surface area (Å²) < 4.78 is 2.59. The van der Waals surface area contributed by atoms with E-state index < -0.39 is 5.97 Å². The lowest BCUT2D eigenvalue weighted by Crippen LogP contribution is -1.95. The third-order valence-electron chi connectivity index (χ3n) is 2.30. The molecule has 0 radical (unpaired) electrons. The van der Waals surface area contributed by atoms with Gasteiger partial charge in [0.25, 0.3) is 0 Å². The molecule has 0 unspecified atom stereocenters. The van der Waals surface area contributed by atoms with Gasteiger partial charge in [0, 0.05) is 6.20 Å². The standard InChI is InChI=1S/C10H6N2O3S/c13-5-1-2-7-8(3-5)16-10-11-6(9(14)15)4-12(7)10/h1-4,13H,(H,14,15). The summed E-state index contributed by atoms with van der Waals surface area (Å²) in [6, 6.07) is 4.94. The molecule has 0 aliphatic heterocycles. The van der Waals surface area contributed by atoms with E-state index in [1.807, 2.05) is 0 Å². The number of hydrogen-bond acceptors (Lipinski definition) is 4. The summed E-state index contributed by atoms with van der Waals surface area (Å²) in [5.74, 6) is -0.849. The highest BCUT2D eigenvalue weighted by atomic mass is 32.1. The van der Waals surface area contributed by atoms with Gasteiger partial charge in [0.1, 0.15) is 5.75 Å². The molecule has 16 heavy (non-hydrogen) atoms. The van der Waals surface area contributed by atoms with Gasteiger partial charge in [-0.15, -0.1) is 0 Å². The number of phenolic OH excluding ortho intramolecular Hbond substituents is 1. The maximum Gasteiger partial charge on any atom is 0.356 e. The van der Waals surface area contributed by atoms with Crippen molar-refractivity contribution in [3.63, 3.8) is 0 Å². The topological polar surface area (TPSA) is 74.8 Å². The first-order chi connectivity index (χ1) is 7.65. The largest absolute Gasteiger partial charge is 0.508 e. The summed E-state index contributed by atoms with van der Waals surface area (Å²) in [5, 5.41) is 18.1. The van der Waals surface area contributed by atoms with Crippen molar-refractivity contribution in [3.8, 4) is 5.75 Å². The van der Waals surface area contributed by atoms with Gasteiger partial charge in [-0.2, -0.15) is 0 Å². The summed E-state index contributed by atoms with van der Waals surface area (Å²) in [4.78, 5) is 15.3. The van der Waals surface area contributed by atoms with Crippen LogP contribution in [0, 0.1) is 0 Å². The number of aromatic nitrogens is 2. The maximum atomic E-state index is 10.7. The van der Waals surface area contributed by atoms with Crippen LogP contribution in [0.1, 0.15) is 10.5 Å². The van der Waals surface area contributed by atoms with E-state index in [4.69, 9.17) is 5.11 Å². The van der Waals surface area contributed by atoms with E-state index in [2.05, 4.69) is 4.98 Å². The number of thiazole rings is 1. The van der Waals surface area contributed by atoms with Gasteiger partial charge in [0.15, 0.2) is 10.7 Å². The van der Waals surface area contributed by atoms with Crippen LogP contribution < -0.4 is 0 Å². The van der Waals surface area contributed by atoms with E-state index in [-0.39, 0.29) is 11.4 Å². The zero-order valence-corrected chi connectivity index (χ0v) is 8.73. The van der Waals surface area contributed by atoms with Crippen LogP contribution >= 0.6 is 11.3 Å². The molecule has 2 heterocycles. The Kier molecular flexibility index (Phi) is 1.69. The van der Waals surface area contributed by atoms with Crippen LogP contribution in [-0.4, -0.2) is 25.6 Å². The van der Waals surface area contributed by atoms with Crippen molar-refractivity contribution >= 4 is 32.5 Å². The summed E-state index contributed by atoms with van der Waals surface area (Å²) >= 11 is 1.34. The lowest BCUT2D eigenvalue weighted by atomic mass is 10.3. The lowest BCUT2D eigenvalue weighted by molar-refractivity contribution is 0.0691. The second-order valence-corrected chi connectivity index (χ2v) is 4.35. The van der Waals surface area contributed by atoms with Crippen molar-refractivity contribution in [3.05, 3.63) is 30.1 Å². The van der Waals surface area contributed by atoms with E-state index in [1.54, 1.807) is 22.6 Å². The first-order valence-corrected chi connectivity index (χ1v) is 5.31. The fourth-order valence-corrected chi connectivity index (χ4v) is 2.63. The number of benzene rings is 1. The van der Waals surface area contributed by atoms with Crippen molar-refractivity contribution in [2.45, 2.75) is 0 Å². The highest BCUT2D eigenvalue weighted by Crippen LogP contribution is 2.29. The minimum Gasteiger partial charge on any atom is -0.508 e. The summed E-state index contributed by atoms with van der Waals surface area (Å²) in [5.41, 5.74) is 0.874. The smallest absolute Gasteiger partial charge is 0.356 e. The van der Waals surface area contributed by atoms with Gasteiger partial charge in [0.2, 0.25) is 0 Å². The fourth-order valence-electron chi connectivity index (χ4n) is 1.59. The average molecular weight is 234 g/mol. The van der Waals surface area contributed by atoms with E-state index in [9.17, 15) is 9.90 Å². The Bertz CT molecular complexity index is 713. The Morgan fingerprint density at radius 1 is 1.44 bits per heavy atom. The Morgan fingerprint density at radius 2 is 2.25 bits per heavy atom. The molecule has 0 amide bonds. The molecule has 80 valence electrons. The van der Waals surface area contributed by atoms with Crippen LogP contribution in [0.15, 0.2) is 24.4 Å². The highest BCUT2D eigenvalue weighted by molar-refractivity contribution is 7.23.